The summed E-state index contributed by atoms with van der Waals surface area (Å²) in [4.78, 5) is 0. The molecule has 0 aliphatic heterocycles. The zero-order valence-corrected chi connectivity index (χ0v) is 9.16. The van der Waals surface area contributed by atoms with Crippen molar-refractivity contribution in [1.82, 2.24) is 0 Å². The molecule has 0 radical (unpaired) electrons. The number of hydrogen-bond acceptors (Lipinski definition) is 1. The SMILES string of the molecule is C[C@H](O)[C@@H]1C[C@H]1c1ccccc1Br. The summed E-state index contributed by atoms with van der Waals surface area (Å²) in [5, 5.41) is 9.40. The van der Waals surface area contributed by atoms with Crippen LogP contribution in [0.4, 0.5) is 0 Å². The molecule has 1 N–H and O–H groups in total. The van der Waals surface area contributed by atoms with Crippen molar-refractivity contribution in [3.63, 3.8) is 0 Å². The minimum absolute atomic E-state index is 0.169. The van der Waals surface area contributed by atoms with Crippen molar-refractivity contribution >= 4 is 15.9 Å². The Hall–Kier alpha value is -0.340. The van der Waals surface area contributed by atoms with Gasteiger partial charge in [0, 0.05) is 4.47 Å². The lowest BCUT2D eigenvalue weighted by molar-refractivity contribution is 0.169. The van der Waals surface area contributed by atoms with Gasteiger partial charge in [-0.05, 0) is 36.8 Å². The summed E-state index contributed by atoms with van der Waals surface area (Å²) in [6, 6.07) is 8.27. The maximum Gasteiger partial charge on any atom is 0.0546 e. The van der Waals surface area contributed by atoms with Gasteiger partial charge in [-0.3, -0.25) is 0 Å². The van der Waals surface area contributed by atoms with Gasteiger partial charge in [0.05, 0.1) is 6.10 Å². The summed E-state index contributed by atoms with van der Waals surface area (Å²) in [6.45, 7) is 1.88. The van der Waals surface area contributed by atoms with E-state index in [4.69, 9.17) is 0 Å². The molecule has 0 amide bonds. The molecule has 0 bridgehead atoms. The van der Waals surface area contributed by atoms with Gasteiger partial charge in [0.15, 0.2) is 0 Å². The van der Waals surface area contributed by atoms with E-state index in [1.54, 1.807) is 0 Å². The van der Waals surface area contributed by atoms with Crippen molar-refractivity contribution in [1.29, 1.82) is 0 Å². The molecule has 70 valence electrons. The van der Waals surface area contributed by atoms with Gasteiger partial charge in [0.25, 0.3) is 0 Å². The Bertz CT molecular complexity index is 309. The molecule has 1 nitrogen and oxygen atoms in total. The predicted octanol–water partition coefficient (Wildman–Crippen LogP) is 2.93. The van der Waals surface area contributed by atoms with Crippen molar-refractivity contribution in [3.05, 3.63) is 34.3 Å². The smallest absolute Gasteiger partial charge is 0.0546 e. The van der Waals surface area contributed by atoms with E-state index in [-0.39, 0.29) is 6.10 Å². The number of aliphatic hydroxyl groups is 1. The summed E-state index contributed by atoms with van der Waals surface area (Å²) in [5.74, 6) is 1.04. The lowest BCUT2D eigenvalue weighted by atomic mass is 10.1. The van der Waals surface area contributed by atoms with Crippen LogP contribution in [0, 0.1) is 5.92 Å². The molecule has 0 unspecified atom stereocenters. The molecular weight excluding hydrogens is 228 g/mol. The van der Waals surface area contributed by atoms with Crippen LogP contribution in [0.1, 0.15) is 24.8 Å². The second kappa shape index (κ2) is 3.43. The molecule has 13 heavy (non-hydrogen) atoms. The van der Waals surface area contributed by atoms with E-state index in [9.17, 15) is 5.11 Å². The molecule has 0 saturated heterocycles. The maximum atomic E-state index is 9.40. The summed E-state index contributed by atoms with van der Waals surface area (Å²) >= 11 is 3.53. The molecule has 2 heteroatoms. The number of rotatable bonds is 2. The normalized spacial score (nSPS) is 28.5. The zero-order chi connectivity index (χ0) is 9.42. The van der Waals surface area contributed by atoms with Crippen LogP contribution < -0.4 is 0 Å². The van der Waals surface area contributed by atoms with Gasteiger partial charge in [-0.2, -0.15) is 0 Å². The zero-order valence-electron chi connectivity index (χ0n) is 7.57. The van der Waals surface area contributed by atoms with Crippen LogP contribution >= 0.6 is 15.9 Å². The molecule has 3 atom stereocenters. The molecule has 0 spiro atoms. The van der Waals surface area contributed by atoms with E-state index in [1.807, 2.05) is 13.0 Å². The third-order valence-electron chi connectivity index (χ3n) is 2.76. The third kappa shape index (κ3) is 1.79. The molecule has 0 heterocycles. The topological polar surface area (TPSA) is 20.2 Å². The Labute approximate surface area is 86.9 Å². The van der Waals surface area contributed by atoms with Crippen LogP contribution in [-0.2, 0) is 0 Å². The minimum atomic E-state index is -0.169. The Balaban J connectivity index is 2.16. The summed E-state index contributed by atoms with van der Waals surface area (Å²) in [5.41, 5.74) is 1.34. The van der Waals surface area contributed by atoms with E-state index in [0.717, 1.165) is 6.42 Å². The van der Waals surface area contributed by atoms with E-state index in [1.165, 1.54) is 10.0 Å². The fourth-order valence-electron chi connectivity index (χ4n) is 1.88. The van der Waals surface area contributed by atoms with Crippen LogP contribution in [0.2, 0.25) is 0 Å². The van der Waals surface area contributed by atoms with Crippen molar-refractivity contribution < 1.29 is 5.11 Å². The minimum Gasteiger partial charge on any atom is -0.393 e. The van der Waals surface area contributed by atoms with Crippen molar-refractivity contribution in [3.8, 4) is 0 Å². The Morgan fingerprint density at radius 1 is 1.46 bits per heavy atom. The molecule has 1 fully saturated rings. The fourth-order valence-corrected chi connectivity index (χ4v) is 2.46. The quantitative estimate of drug-likeness (QED) is 0.843. The molecule has 1 aliphatic carbocycles. The highest BCUT2D eigenvalue weighted by Crippen LogP contribution is 2.51. The average molecular weight is 241 g/mol. The Morgan fingerprint density at radius 3 is 2.69 bits per heavy atom. The van der Waals surface area contributed by atoms with Gasteiger partial charge < -0.3 is 5.11 Å². The average Bonchev–Trinajstić information content (AvgIpc) is 2.84. The highest BCUT2D eigenvalue weighted by molar-refractivity contribution is 9.10. The summed E-state index contributed by atoms with van der Waals surface area (Å²) in [6.07, 6.45) is 0.956. The molecule has 1 aromatic carbocycles. The third-order valence-corrected chi connectivity index (χ3v) is 3.49. The summed E-state index contributed by atoms with van der Waals surface area (Å²) < 4.78 is 1.17. The standard InChI is InChI=1S/C11H13BrO/c1-7(13)9-6-10(9)8-4-2-3-5-11(8)12/h2-5,7,9-10,13H,6H2,1H3/t7-,9-,10-/m0/s1. The summed E-state index contributed by atoms with van der Waals surface area (Å²) in [7, 11) is 0. The highest BCUT2D eigenvalue weighted by Gasteiger charge is 2.42. The number of hydrogen-bond donors (Lipinski definition) is 1. The van der Waals surface area contributed by atoms with Crippen LogP contribution in [0.25, 0.3) is 0 Å². The monoisotopic (exact) mass is 240 g/mol. The first-order chi connectivity index (χ1) is 6.20. The van der Waals surface area contributed by atoms with Gasteiger partial charge in [0.2, 0.25) is 0 Å². The van der Waals surface area contributed by atoms with Gasteiger partial charge in [-0.15, -0.1) is 0 Å². The van der Waals surface area contributed by atoms with Crippen molar-refractivity contribution in [2.75, 3.05) is 0 Å². The van der Waals surface area contributed by atoms with Crippen molar-refractivity contribution in [2.24, 2.45) is 5.92 Å². The van der Waals surface area contributed by atoms with E-state index in [2.05, 4.69) is 34.1 Å². The predicted molar refractivity (Wildman–Crippen MR) is 56.7 cm³/mol. The number of halogens is 1. The molecule has 1 aliphatic rings. The second-order valence-electron chi connectivity index (χ2n) is 3.77. The van der Waals surface area contributed by atoms with Gasteiger partial charge in [-0.1, -0.05) is 34.1 Å². The molecule has 1 saturated carbocycles. The van der Waals surface area contributed by atoms with Crippen LogP contribution in [0.15, 0.2) is 28.7 Å². The van der Waals surface area contributed by atoms with Crippen LogP contribution in [-0.4, -0.2) is 11.2 Å². The Morgan fingerprint density at radius 2 is 2.15 bits per heavy atom. The first kappa shape index (κ1) is 9.22. The molecular formula is C11H13BrO. The number of aliphatic hydroxyl groups excluding tert-OH is 1. The van der Waals surface area contributed by atoms with Gasteiger partial charge in [0.1, 0.15) is 0 Å². The second-order valence-corrected chi connectivity index (χ2v) is 4.62. The molecule has 0 aromatic heterocycles. The lowest BCUT2D eigenvalue weighted by Gasteiger charge is -2.04. The van der Waals surface area contributed by atoms with Crippen molar-refractivity contribution in [2.45, 2.75) is 25.4 Å². The highest BCUT2D eigenvalue weighted by atomic mass is 79.9. The first-order valence-corrected chi connectivity index (χ1v) is 5.42. The first-order valence-electron chi connectivity index (χ1n) is 4.62. The van der Waals surface area contributed by atoms with E-state index >= 15 is 0 Å². The maximum absolute atomic E-state index is 9.40. The Kier molecular flexibility index (Phi) is 2.43. The fraction of sp³-hybridized carbons (Fsp3) is 0.455. The molecule has 2 rings (SSSR count). The van der Waals surface area contributed by atoms with E-state index in [0.29, 0.717) is 11.8 Å². The molecule has 1 aromatic rings. The van der Waals surface area contributed by atoms with Gasteiger partial charge in [-0.25, -0.2) is 0 Å². The largest absolute Gasteiger partial charge is 0.393 e. The van der Waals surface area contributed by atoms with Gasteiger partial charge >= 0.3 is 0 Å². The van der Waals surface area contributed by atoms with E-state index < -0.39 is 0 Å². The lowest BCUT2D eigenvalue weighted by Crippen LogP contribution is -2.03. The number of benzene rings is 1. The van der Waals surface area contributed by atoms with Crippen LogP contribution in [0.3, 0.4) is 0 Å². The van der Waals surface area contributed by atoms with Crippen LogP contribution in [0.5, 0.6) is 0 Å².